The standard InChI is InChI=1S/C10H15Cl5FN3/c1-2-3-4-5-6-19-8(18(16)7-17-19)9(11,12)10(13,14)15/h7-8H,2-6H2,1H3. The van der Waals surface area contributed by atoms with Crippen molar-refractivity contribution in [1.82, 2.24) is 10.1 Å². The summed E-state index contributed by atoms with van der Waals surface area (Å²) in [6.07, 6.45) is 3.85. The number of hydrogen-bond acceptors (Lipinski definition) is 3. The molecule has 0 saturated heterocycles. The molecule has 0 amide bonds. The summed E-state index contributed by atoms with van der Waals surface area (Å²) in [4.78, 5) is 0. The van der Waals surface area contributed by atoms with Crippen LogP contribution in [0.3, 0.4) is 0 Å². The van der Waals surface area contributed by atoms with Crippen LogP contribution < -0.4 is 0 Å². The summed E-state index contributed by atoms with van der Waals surface area (Å²) >= 11 is 29.2. The van der Waals surface area contributed by atoms with Crippen LogP contribution in [0.25, 0.3) is 0 Å². The molecule has 112 valence electrons. The molecule has 0 aromatic carbocycles. The van der Waals surface area contributed by atoms with Crippen molar-refractivity contribution in [3.8, 4) is 0 Å². The molecule has 0 aromatic rings. The van der Waals surface area contributed by atoms with Gasteiger partial charge < -0.3 is 0 Å². The number of hydrogen-bond donors (Lipinski definition) is 0. The van der Waals surface area contributed by atoms with E-state index in [0.717, 1.165) is 32.0 Å². The zero-order valence-electron chi connectivity index (χ0n) is 10.3. The van der Waals surface area contributed by atoms with E-state index in [2.05, 4.69) is 12.0 Å². The number of hydrazone groups is 1. The Bertz CT molecular complexity index is 321. The Balaban J connectivity index is 2.69. The minimum Gasteiger partial charge on any atom is -0.267 e. The van der Waals surface area contributed by atoms with Gasteiger partial charge in [-0.1, -0.05) is 88.7 Å². The molecule has 19 heavy (non-hydrogen) atoms. The van der Waals surface area contributed by atoms with Crippen molar-refractivity contribution in [3.05, 3.63) is 0 Å². The van der Waals surface area contributed by atoms with Crippen LogP contribution >= 0.6 is 58.0 Å². The molecule has 0 bridgehead atoms. The number of rotatable bonds is 6. The van der Waals surface area contributed by atoms with Crippen LogP contribution in [0.4, 0.5) is 4.48 Å². The van der Waals surface area contributed by atoms with Crippen molar-refractivity contribution in [3.63, 3.8) is 0 Å². The lowest BCUT2D eigenvalue weighted by atomic mass is 10.2. The van der Waals surface area contributed by atoms with Crippen LogP contribution in [0.15, 0.2) is 5.10 Å². The molecule has 1 atom stereocenters. The molecule has 9 heteroatoms. The third-order valence-corrected chi connectivity index (χ3v) is 5.20. The van der Waals surface area contributed by atoms with E-state index in [9.17, 15) is 4.48 Å². The van der Waals surface area contributed by atoms with E-state index in [1.165, 1.54) is 5.01 Å². The second kappa shape index (κ2) is 7.08. The molecule has 0 aromatic heterocycles. The maximum Gasteiger partial charge on any atom is 0.227 e. The Labute approximate surface area is 137 Å². The highest BCUT2D eigenvalue weighted by Gasteiger charge is 2.57. The smallest absolute Gasteiger partial charge is 0.227 e. The summed E-state index contributed by atoms with van der Waals surface area (Å²) < 4.78 is 9.75. The summed E-state index contributed by atoms with van der Waals surface area (Å²) in [6.45, 7) is 2.59. The van der Waals surface area contributed by atoms with Gasteiger partial charge in [0.15, 0.2) is 6.17 Å². The van der Waals surface area contributed by atoms with Crippen molar-refractivity contribution in [1.29, 1.82) is 0 Å². The van der Waals surface area contributed by atoms with Gasteiger partial charge >= 0.3 is 0 Å². The zero-order chi connectivity index (χ0) is 14.7. The molecule has 0 aliphatic carbocycles. The predicted octanol–water partition coefficient (Wildman–Crippen LogP) is 4.88. The highest BCUT2D eigenvalue weighted by molar-refractivity contribution is 6.75. The lowest BCUT2D eigenvalue weighted by Crippen LogP contribution is -2.54. The molecule has 0 saturated carbocycles. The Morgan fingerprint density at radius 2 is 1.79 bits per heavy atom. The van der Waals surface area contributed by atoms with E-state index in [1.54, 1.807) is 0 Å². The first-order valence-corrected chi connectivity index (χ1v) is 7.80. The fourth-order valence-electron chi connectivity index (χ4n) is 1.74. The molecule has 1 heterocycles. The van der Waals surface area contributed by atoms with E-state index in [-0.39, 0.29) is 5.12 Å². The van der Waals surface area contributed by atoms with Gasteiger partial charge in [-0.2, -0.15) is 10.2 Å². The number of nitrogens with zero attached hydrogens (tertiary/aromatic N) is 3. The van der Waals surface area contributed by atoms with Crippen LogP contribution in [0.1, 0.15) is 32.6 Å². The quantitative estimate of drug-likeness (QED) is 0.375. The summed E-state index contributed by atoms with van der Waals surface area (Å²) in [6, 6.07) is 0. The zero-order valence-corrected chi connectivity index (χ0v) is 14.1. The number of halogens is 6. The second-order valence-electron chi connectivity index (χ2n) is 4.29. The molecule has 1 aliphatic heterocycles. The van der Waals surface area contributed by atoms with Crippen LogP contribution in [0.5, 0.6) is 0 Å². The van der Waals surface area contributed by atoms with E-state index < -0.39 is 14.3 Å². The van der Waals surface area contributed by atoms with Crippen LogP contribution in [-0.4, -0.2) is 37.3 Å². The maximum atomic E-state index is 13.7. The minimum absolute atomic E-state index is 0.252. The largest absolute Gasteiger partial charge is 0.267 e. The Morgan fingerprint density at radius 3 is 2.32 bits per heavy atom. The van der Waals surface area contributed by atoms with Gasteiger partial charge in [-0.05, 0) is 6.42 Å². The van der Waals surface area contributed by atoms with Crippen LogP contribution in [0, 0.1) is 0 Å². The normalized spacial score (nSPS) is 20.5. The molecule has 1 rings (SSSR count). The molecule has 3 nitrogen and oxygen atoms in total. The summed E-state index contributed by atoms with van der Waals surface area (Å²) in [5, 5.41) is 5.54. The van der Waals surface area contributed by atoms with Gasteiger partial charge in [-0.3, -0.25) is 5.01 Å². The van der Waals surface area contributed by atoms with Crippen LogP contribution in [0.2, 0.25) is 0 Å². The van der Waals surface area contributed by atoms with Crippen molar-refractivity contribution in [2.75, 3.05) is 6.54 Å². The molecule has 0 fully saturated rings. The first kappa shape index (κ1) is 17.7. The van der Waals surface area contributed by atoms with E-state index in [4.69, 9.17) is 58.0 Å². The maximum absolute atomic E-state index is 13.7. The van der Waals surface area contributed by atoms with E-state index in [0.29, 0.717) is 6.54 Å². The topological polar surface area (TPSA) is 18.8 Å². The average molecular weight is 374 g/mol. The molecular formula is C10H15Cl5FN3. The highest BCUT2D eigenvalue weighted by Crippen LogP contribution is 2.50. The minimum atomic E-state index is -2.04. The molecule has 0 radical (unpaired) electrons. The van der Waals surface area contributed by atoms with Gasteiger partial charge in [-0.15, -0.1) is 0 Å². The highest BCUT2D eigenvalue weighted by atomic mass is 35.6. The van der Waals surface area contributed by atoms with Gasteiger partial charge in [0.05, 0.1) is 0 Å². The van der Waals surface area contributed by atoms with Gasteiger partial charge in [0.2, 0.25) is 8.13 Å². The van der Waals surface area contributed by atoms with Crippen molar-refractivity contribution in [2.24, 2.45) is 5.10 Å². The Hall–Kier alpha value is 0.650. The molecule has 1 aliphatic rings. The first-order chi connectivity index (χ1) is 8.71. The Kier molecular flexibility index (Phi) is 6.59. The van der Waals surface area contributed by atoms with Gasteiger partial charge in [0.1, 0.15) is 6.34 Å². The van der Waals surface area contributed by atoms with Gasteiger partial charge in [0, 0.05) is 6.54 Å². The number of unbranched alkanes of at least 4 members (excludes halogenated alkanes) is 3. The lowest BCUT2D eigenvalue weighted by Gasteiger charge is -2.38. The molecular weight excluding hydrogens is 358 g/mol. The van der Waals surface area contributed by atoms with E-state index in [1.807, 2.05) is 0 Å². The average Bonchev–Trinajstić information content (AvgIpc) is 2.65. The lowest BCUT2D eigenvalue weighted by molar-refractivity contribution is -0.00481. The summed E-state index contributed by atoms with van der Waals surface area (Å²) in [5.74, 6) is 0. The molecule has 0 spiro atoms. The SMILES string of the molecule is CCCCCCN1N=CN(F)C1C(Cl)(Cl)C(Cl)(Cl)Cl. The molecule has 0 N–H and O–H groups in total. The summed E-state index contributed by atoms with van der Waals surface area (Å²) in [7, 11) is 0. The van der Waals surface area contributed by atoms with Crippen molar-refractivity contribution in [2.45, 2.75) is 46.9 Å². The van der Waals surface area contributed by atoms with Gasteiger partial charge in [0.25, 0.3) is 0 Å². The monoisotopic (exact) mass is 371 g/mol. The predicted molar refractivity (Wildman–Crippen MR) is 80.8 cm³/mol. The van der Waals surface area contributed by atoms with Crippen molar-refractivity contribution < 1.29 is 4.48 Å². The van der Waals surface area contributed by atoms with Crippen molar-refractivity contribution >= 4 is 64.3 Å². The van der Waals surface area contributed by atoms with E-state index >= 15 is 0 Å². The van der Waals surface area contributed by atoms with Crippen LogP contribution in [-0.2, 0) is 0 Å². The van der Waals surface area contributed by atoms with Gasteiger partial charge in [-0.25, -0.2) is 0 Å². The Morgan fingerprint density at radius 1 is 1.16 bits per heavy atom. The number of alkyl halides is 5. The fourth-order valence-corrected chi connectivity index (χ4v) is 2.44. The second-order valence-corrected chi connectivity index (χ2v) is 7.96. The third-order valence-electron chi connectivity index (χ3n) is 2.77. The summed E-state index contributed by atoms with van der Waals surface area (Å²) in [5.41, 5.74) is 0. The fraction of sp³-hybridized carbons (Fsp3) is 0.900. The first-order valence-electron chi connectivity index (χ1n) is 5.91. The third kappa shape index (κ3) is 4.31. The molecule has 1 unspecified atom stereocenters.